The molecule has 4 aliphatic heterocycles. The van der Waals surface area contributed by atoms with Gasteiger partial charge in [-0.2, -0.15) is 0 Å². The number of likely N-dealkylation sites (tertiary alicyclic amines) is 1. The number of carbonyl (C=O) groups excluding carboxylic acids is 3. The van der Waals surface area contributed by atoms with E-state index in [-0.39, 0.29) is 24.3 Å². The van der Waals surface area contributed by atoms with Crippen molar-refractivity contribution in [2.45, 2.75) is 69.7 Å². The van der Waals surface area contributed by atoms with Gasteiger partial charge >= 0.3 is 0 Å². The fourth-order valence-electron chi connectivity index (χ4n) is 7.99. The van der Waals surface area contributed by atoms with Crippen molar-refractivity contribution in [3.8, 4) is 5.75 Å². The van der Waals surface area contributed by atoms with Gasteiger partial charge in [0.1, 0.15) is 17.4 Å². The number of nitrogens with zero attached hydrogens (tertiary/aromatic N) is 3. The van der Waals surface area contributed by atoms with E-state index in [0.29, 0.717) is 44.1 Å². The minimum Gasteiger partial charge on any atom is -0.494 e. The molecule has 4 heterocycles. The summed E-state index contributed by atoms with van der Waals surface area (Å²) in [4.78, 5) is 49.5. The summed E-state index contributed by atoms with van der Waals surface area (Å²) in [5.41, 5.74) is -1.07. The molecule has 46 heavy (non-hydrogen) atoms. The average molecular weight is 628 g/mol. The van der Waals surface area contributed by atoms with Crippen LogP contribution in [-0.4, -0.2) is 82.7 Å². The van der Waals surface area contributed by atoms with Crippen LogP contribution >= 0.6 is 0 Å². The van der Waals surface area contributed by atoms with Gasteiger partial charge < -0.3 is 29.3 Å². The fourth-order valence-corrected chi connectivity index (χ4v) is 7.99. The number of amides is 3. The Balaban J connectivity index is 1.47. The maximum atomic E-state index is 15.0. The number of carbonyl (C=O) groups is 3. The molecule has 4 aliphatic rings. The first-order valence-electron chi connectivity index (χ1n) is 16.7. The van der Waals surface area contributed by atoms with E-state index >= 15 is 0 Å². The SMILES string of the molecule is CCCCCN1CC=C[C@]23O[C@]4(CC)C=CCN(c5ccc(OCC)cc5)C(=O)[C@@H]4[C@H]2C(=O)N([C@H](CO)c2ccccc2)C3C1=O. The number of benzene rings is 2. The lowest BCUT2D eigenvalue weighted by atomic mass is 9.73. The summed E-state index contributed by atoms with van der Waals surface area (Å²) in [7, 11) is 0. The lowest BCUT2D eigenvalue weighted by Gasteiger charge is -2.41. The molecule has 6 atom stereocenters. The largest absolute Gasteiger partial charge is 0.494 e. The number of hydrogen-bond donors (Lipinski definition) is 1. The molecule has 0 saturated carbocycles. The van der Waals surface area contributed by atoms with E-state index in [9.17, 15) is 19.5 Å². The van der Waals surface area contributed by atoms with Gasteiger partial charge in [-0.05, 0) is 49.6 Å². The number of anilines is 1. The Hall–Kier alpha value is -3.95. The van der Waals surface area contributed by atoms with Crippen LogP contribution in [-0.2, 0) is 19.1 Å². The zero-order chi connectivity index (χ0) is 32.5. The fraction of sp³-hybridized carbons (Fsp3) is 0.486. The maximum absolute atomic E-state index is 15.0. The van der Waals surface area contributed by atoms with Gasteiger partial charge in [-0.25, -0.2) is 0 Å². The third-order valence-corrected chi connectivity index (χ3v) is 10.1. The number of rotatable bonds is 11. The second-order valence-corrected chi connectivity index (χ2v) is 12.6. The minimum absolute atomic E-state index is 0.214. The van der Waals surface area contributed by atoms with Crippen LogP contribution in [0.2, 0.25) is 0 Å². The Kier molecular flexibility index (Phi) is 9.08. The highest BCUT2D eigenvalue weighted by Gasteiger charge is 2.76. The first kappa shape index (κ1) is 32.0. The molecule has 6 rings (SSSR count). The summed E-state index contributed by atoms with van der Waals surface area (Å²) in [5, 5.41) is 10.8. The summed E-state index contributed by atoms with van der Waals surface area (Å²) >= 11 is 0. The molecule has 0 aliphatic carbocycles. The predicted molar refractivity (Wildman–Crippen MR) is 175 cm³/mol. The van der Waals surface area contributed by atoms with Crippen LogP contribution in [0.15, 0.2) is 78.9 Å². The van der Waals surface area contributed by atoms with Gasteiger partial charge in [-0.1, -0.05) is 81.3 Å². The zero-order valence-electron chi connectivity index (χ0n) is 27.0. The summed E-state index contributed by atoms with van der Waals surface area (Å²) < 4.78 is 12.7. The highest BCUT2D eigenvalue weighted by atomic mass is 16.5. The number of hydrogen-bond acceptors (Lipinski definition) is 6. The Morgan fingerprint density at radius 1 is 0.891 bits per heavy atom. The lowest BCUT2D eigenvalue weighted by molar-refractivity contribution is -0.155. The van der Waals surface area contributed by atoms with Crippen molar-refractivity contribution in [3.05, 3.63) is 84.5 Å². The Morgan fingerprint density at radius 3 is 2.30 bits per heavy atom. The first-order valence-corrected chi connectivity index (χ1v) is 16.7. The van der Waals surface area contributed by atoms with Gasteiger partial charge in [0, 0.05) is 25.3 Å². The number of aliphatic hydroxyl groups excluding tert-OH is 1. The molecule has 9 heteroatoms. The molecular formula is C37H45N3O6. The second kappa shape index (κ2) is 13.0. The maximum Gasteiger partial charge on any atom is 0.249 e. The second-order valence-electron chi connectivity index (χ2n) is 12.6. The number of unbranched alkanes of at least 4 members (excludes halogenated alkanes) is 2. The average Bonchev–Trinajstić information content (AvgIpc) is 3.37. The van der Waals surface area contributed by atoms with Gasteiger partial charge in [0.15, 0.2) is 0 Å². The van der Waals surface area contributed by atoms with E-state index in [1.54, 1.807) is 9.80 Å². The Bertz CT molecular complexity index is 1490. The topological polar surface area (TPSA) is 99.6 Å². The molecule has 1 unspecified atom stereocenters. The standard InChI is InChI=1S/C37H45N3O6/c1-4-7-11-22-38-23-13-21-37-31(34(43)40(32(37)35(38)44)29(25-41)26-14-9-8-10-15-26)30-33(42)39(24-12-20-36(30,5-2)46-37)27-16-18-28(19-17-27)45-6-3/h8-10,12-21,29-32,41H,4-7,11,22-25H2,1-3H3/t29-,30+,31+,32?,36-,37+/m1/s1. The Morgan fingerprint density at radius 2 is 1.63 bits per heavy atom. The molecule has 2 fully saturated rings. The van der Waals surface area contributed by atoms with Crippen LogP contribution in [0.3, 0.4) is 0 Å². The molecule has 1 N–H and O–H groups in total. The van der Waals surface area contributed by atoms with Crippen molar-refractivity contribution in [1.29, 1.82) is 0 Å². The number of fused-ring (bicyclic) bond motifs is 2. The van der Waals surface area contributed by atoms with Gasteiger partial charge in [-0.15, -0.1) is 0 Å². The van der Waals surface area contributed by atoms with E-state index in [0.717, 1.165) is 24.8 Å². The van der Waals surface area contributed by atoms with Gasteiger partial charge in [-0.3, -0.25) is 14.4 Å². The van der Waals surface area contributed by atoms with E-state index < -0.39 is 35.1 Å². The van der Waals surface area contributed by atoms with E-state index in [2.05, 4.69) is 6.92 Å². The summed E-state index contributed by atoms with van der Waals surface area (Å²) in [6.07, 6.45) is 11.0. The van der Waals surface area contributed by atoms with Crippen molar-refractivity contribution in [3.63, 3.8) is 0 Å². The molecule has 0 aromatic heterocycles. The molecule has 244 valence electrons. The predicted octanol–water partition coefficient (Wildman–Crippen LogP) is 4.67. The zero-order valence-corrected chi connectivity index (χ0v) is 27.0. The summed E-state index contributed by atoms with van der Waals surface area (Å²) in [6, 6.07) is 14.9. The Labute approximate surface area is 271 Å². The molecule has 2 aromatic rings. The normalized spacial score (nSPS) is 29.3. The van der Waals surface area contributed by atoms with Crippen LogP contribution in [0.5, 0.6) is 5.75 Å². The van der Waals surface area contributed by atoms with Crippen molar-refractivity contribution in [2.75, 3.05) is 37.7 Å². The third-order valence-electron chi connectivity index (χ3n) is 10.1. The third kappa shape index (κ3) is 5.14. The van der Waals surface area contributed by atoms with Crippen LogP contribution in [0, 0.1) is 11.8 Å². The molecule has 3 amide bonds. The van der Waals surface area contributed by atoms with Gasteiger partial charge in [0.2, 0.25) is 17.7 Å². The monoisotopic (exact) mass is 627 g/mol. The van der Waals surface area contributed by atoms with Crippen LogP contribution in [0.25, 0.3) is 0 Å². The summed E-state index contributed by atoms with van der Waals surface area (Å²) in [5.74, 6) is -1.93. The molecule has 2 saturated heterocycles. The quantitative estimate of drug-likeness (QED) is 0.287. The first-order chi connectivity index (χ1) is 22.4. The smallest absolute Gasteiger partial charge is 0.249 e. The van der Waals surface area contributed by atoms with Gasteiger partial charge in [0.25, 0.3) is 0 Å². The van der Waals surface area contributed by atoms with E-state index in [1.807, 2.05) is 92.7 Å². The molecule has 0 bridgehead atoms. The van der Waals surface area contributed by atoms with Crippen LogP contribution in [0.1, 0.15) is 58.1 Å². The molecule has 0 radical (unpaired) electrons. The highest BCUT2D eigenvalue weighted by Crippen LogP contribution is 2.60. The molecule has 9 nitrogen and oxygen atoms in total. The van der Waals surface area contributed by atoms with Gasteiger partial charge in [0.05, 0.1) is 36.7 Å². The number of aliphatic hydroxyl groups is 1. The molecular weight excluding hydrogens is 582 g/mol. The van der Waals surface area contributed by atoms with Crippen LogP contribution < -0.4 is 9.64 Å². The van der Waals surface area contributed by atoms with Crippen LogP contribution in [0.4, 0.5) is 5.69 Å². The minimum atomic E-state index is -1.39. The molecule has 1 spiro atoms. The van der Waals surface area contributed by atoms with Crippen molar-refractivity contribution in [1.82, 2.24) is 9.80 Å². The summed E-state index contributed by atoms with van der Waals surface area (Å²) in [6.45, 7) is 7.42. The lowest BCUT2D eigenvalue weighted by Crippen LogP contribution is -2.57. The van der Waals surface area contributed by atoms with E-state index in [1.165, 1.54) is 4.90 Å². The highest BCUT2D eigenvalue weighted by molar-refractivity contribution is 6.04. The van der Waals surface area contributed by atoms with Crippen molar-refractivity contribution < 1.29 is 29.0 Å². The number of ether oxygens (including phenoxy) is 2. The van der Waals surface area contributed by atoms with E-state index in [4.69, 9.17) is 9.47 Å². The molecule has 2 aromatic carbocycles. The van der Waals surface area contributed by atoms with Crippen molar-refractivity contribution >= 4 is 23.4 Å². The van der Waals surface area contributed by atoms with Crippen molar-refractivity contribution in [2.24, 2.45) is 11.8 Å².